The molecule has 16 heavy (non-hydrogen) atoms. The molecule has 90 valence electrons. The molecule has 0 fully saturated rings. The van der Waals surface area contributed by atoms with Gasteiger partial charge in [0, 0.05) is 24.8 Å². The summed E-state index contributed by atoms with van der Waals surface area (Å²) in [5.74, 6) is 0.568. The number of pyridine rings is 1. The standard InChI is InChI=1S/C13H22N2O/c1-5-11(3)12(14-4)9-15-7-6-10(2)8-13(15)16/h6-8,11-12,14H,5,9H2,1-4H3. The quantitative estimate of drug-likeness (QED) is 0.824. The molecule has 0 aliphatic carbocycles. The highest BCUT2D eigenvalue weighted by atomic mass is 16.1. The van der Waals surface area contributed by atoms with Crippen LogP contribution in [0.25, 0.3) is 0 Å². The zero-order valence-corrected chi connectivity index (χ0v) is 10.7. The Morgan fingerprint density at radius 3 is 2.69 bits per heavy atom. The molecule has 0 aliphatic heterocycles. The largest absolute Gasteiger partial charge is 0.315 e. The van der Waals surface area contributed by atoms with Crippen LogP contribution < -0.4 is 10.9 Å². The highest BCUT2D eigenvalue weighted by molar-refractivity contribution is 5.08. The molecule has 0 aliphatic rings. The van der Waals surface area contributed by atoms with Gasteiger partial charge in [0.1, 0.15) is 0 Å². The van der Waals surface area contributed by atoms with E-state index in [1.807, 2.05) is 26.2 Å². The van der Waals surface area contributed by atoms with Crippen molar-refractivity contribution in [1.29, 1.82) is 0 Å². The Morgan fingerprint density at radius 1 is 1.50 bits per heavy atom. The first-order valence-corrected chi connectivity index (χ1v) is 5.92. The molecule has 2 atom stereocenters. The van der Waals surface area contributed by atoms with Crippen LogP contribution in [0.2, 0.25) is 0 Å². The average Bonchev–Trinajstić information content (AvgIpc) is 2.27. The van der Waals surface area contributed by atoms with Crippen molar-refractivity contribution in [1.82, 2.24) is 9.88 Å². The second kappa shape index (κ2) is 5.85. The Balaban J connectivity index is 2.82. The fourth-order valence-corrected chi connectivity index (χ4v) is 1.81. The number of nitrogens with zero attached hydrogens (tertiary/aromatic N) is 1. The maximum Gasteiger partial charge on any atom is 0.250 e. The van der Waals surface area contributed by atoms with Crippen molar-refractivity contribution in [2.75, 3.05) is 7.05 Å². The number of aryl methyl sites for hydroxylation is 1. The van der Waals surface area contributed by atoms with Crippen LogP contribution >= 0.6 is 0 Å². The summed E-state index contributed by atoms with van der Waals surface area (Å²) in [5, 5.41) is 3.28. The van der Waals surface area contributed by atoms with Gasteiger partial charge in [0.2, 0.25) is 0 Å². The van der Waals surface area contributed by atoms with E-state index in [9.17, 15) is 4.79 Å². The van der Waals surface area contributed by atoms with Crippen LogP contribution in [0.15, 0.2) is 23.1 Å². The lowest BCUT2D eigenvalue weighted by Gasteiger charge is -2.23. The zero-order chi connectivity index (χ0) is 12.1. The number of aromatic nitrogens is 1. The van der Waals surface area contributed by atoms with Gasteiger partial charge in [-0.25, -0.2) is 0 Å². The molecule has 1 heterocycles. The molecule has 2 unspecified atom stereocenters. The van der Waals surface area contributed by atoms with Crippen molar-refractivity contribution in [2.24, 2.45) is 5.92 Å². The van der Waals surface area contributed by atoms with E-state index in [2.05, 4.69) is 19.2 Å². The fourth-order valence-electron chi connectivity index (χ4n) is 1.81. The van der Waals surface area contributed by atoms with E-state index < -0.39 is 0 Å². The van der Waals surface area contributed by atoms with E-state index in [0.717, 1.165) is 18.5 Å². The predicted octanol–water partition coefficient (Wildman–Crippen LogP) is 1.79. The molecule has 0 bridgehead atoms. The summed E-state index contributed by atoms with van der Waals surface area (Å²) < 4.78 is 1.78. The van der Waals surface area contributed by atoms with Crippen molar-refractivity contribution in [3.8, 4) is 0 Å². The Labute approximate surface area is 97.5 Å². The number of hydrogen-bond acceptors (Lipinski definition) is 2. The summed E-state index contributed by atoms with van der Waals surface area (Å²) in [7, 11) is 1.95. The Morgan fingerprint density at radius 2 is 2.19 bits per heavy atom. The van der Waals surface area contributed by atoms with Gasteiger partial charge in [-0.3, -0.25) is 4.79 Å². The van der Waals surface area contributed by atoms with E-state index in [4.69, 9.17) is 0 Å². The Hall–Kier alpha value is -1.09. The van der Waals surface area contributed by atoms with E-state index in [0.29, 0.717) is 12.0 Å². The van der Waals surface area contributed by atoms with Gasteiger partial charge in [-0.1, -0.05) is 20.3 Å². The van der Waals surface area contributed by atoms with Crippen molar-refractivity contribution in [3.63, 3.8) is 0 Å². The fraction of sp³-hybridized carbons (Fsp3) is 0.615. The summed E-state index contributed by atoms with van der Waals surface area (Å²) in [5.41, 5.74) is 1.11. The molecule has 0 radical (unpaired) electrons. The Kier molecular flexibility index (Phi) is 4.74. The molecule has 0 amide bonds. The predicted molar refractivity (Wildman–Crippen MR) is 67.7 cm³/mol. The molecule has 3 heteroatoms. The second-order valence-corrected chi connectivity index (χ2v) is 4.48. The lowest BCUT2D eigenvalue weighted by Crippen LogP contribution is -2.38. The van der Waals surface area contributed by atoms with Gasteiger partial charge in [-0.2, -0.15) is 0 Å². The lowest BCUT2D eigenvalue weighted by molar-refractivity contribution is 0.344. The molecule has 0 aromatic carbocycles. The van der Waals surface area contributed by atoms with E-state index in [1.54, 1.807) is 10.6 Å². The monoisotopic (exact) mass is 222 g/mol. The van der Waals surface area contributed by atoms with Crippen LogP contribution in [0.5, 0.6) is 0 Å². The molecule has 1 N–H and O–H groups in total. The minimum Gasteiger partial charge on any atom is -0.315 e. The third-order valence-electron chi connectivity index (χ3n) is 3.25. The smallest absolute Gasteiger partial charge is 0.250 e. The van der Waals surface area contributed by atoms with Crippen molar-refractivity contribution < 1.29 is 0 Å². The number of rotatable bonds is 5. The first kappa shape index (κ1) is 13.0. The van der Waals surface area contributed by atoms with Crippen molar-refractivity contribution in [3.05, 3.63) is 34.2 Å². The molecule has 1 rings (SSSR count). The van der Waals surface area contributed by atoms with E-state index >= 15 is 0 Å². The number of nitrogens with one attached hydrogen (secondary N) is 1. The minimum absolute atomic E-state index is 0.0866. The summed E-state index contributed by atoms with van der Waals surface area (Å²) in [6, 6.07) is 4.01. The van der Waals surface area contributed by atoms with Gasteiger partial charge >= 0.3 is 0 Å². The molecule has 1 aromatic rings. The van der Waals surface area contributed by atoms with Gasteiger partial charge in [0.15, 0.2) is 0 Å². The van der Waals surface area contributed by atoms with Crippen molar-refractivity contribution in [2.45, 2.75) is 39.8 Å². The third kappa shape index (κ3) is 3.20. The SMILES string of the molecule is CCC(C)C(Cn1ccc(C)cc1=O)NC. The van der Waals surface area contributed by atoms with Gasteiger partial charge in [0.25, 0.3) is 5.56 Å². The number of likely N-dealkylation sites (N-methyl/N-ethyl adjacent to an activating group) is 1. The molecule has 0 saturated heterocycles. The molecular weight excluding hydrogens is 200 g/mol. The van der Waals surface area contributed by atoms with E-state index in [1.165, 1.54) is 0 Å². The Bertz CT molecular complexity index is 384. The zero-order valence-electron chi connectivity index (χ0n) is 10.7. The third-order valence-corrected chi connectivity index (χ3v) is 3.25. The summed E-state index contributed by atoms with van der Waals surface area (Å²) in [6.07, 6.45) is 3.00. The van der Waals surface area contributed by atoms with E-state index in [-0.39, 0.29) is 5.56 Å². The van der Waals surface area contributed by atoms with Gasteiger partial charge in [-0.05, 0) is 31.5 Å². The number of hydrogen-bond donors (Lipinski definition) is 1. The normalized spacial score (nSPS) is 14.8. The van der Waals surface area contributed by atoms with Gasteiger partial charge in [0.05, 0.1) is 0 Å². The van der Waals surface area contributed by atoms with Gasteiger partial charge < -0.3 is 9.88 Å². The van der Waals surface area contributed by atoms with Crippen LogP contribution in [0.4, 0.5) is 0 Å². The molecule has 3 nitrogen and oxygen atoms in total. The van der Waals surface area contributed by atoms with Crippen LogP contribution in [-0.2, 0) is 6.54 Å². The average molecular weight is 222 g/mol. The summed E-state index contributed by atoms with van der Waals surface area (Å²) in [6.45, 7) is 7.06. The van der Waals surface area contributed by atoms with Crippen LogP contribution in [0.3, 0.4) is 0 Å². The highest BCUT2D eigenvalue weighted by Gasteiger charge is 2.14. The molecular formula is C13H22N2O. The first-order valence-electron chi connectivity index (χ1n) is 5.92. The molecule has 0 spiro atoms. The van der Waals surface area contributed by atoms with Crippen LogP contribution in [-0.4, -0.2) is 17.7 Å². The minimum atomic E-state index is 0.0866. The van der Waals surface area contributed by atoms with Crippen molar-refractivity contribution >= 4 is 0 Å². The van der Waals surface area contributed by atoms with Crippen LogP contribution in [0.1, 0.15) is 25.8 Å². The highest BCUT2D eigenvalue weighted by Crippen LogP contribution is 2.08. The first-order chi connectivity index (χ1) is 7.58. The lowest BCUT2D eigenvalue weighted by atomic mass is 9.99. The molecule has 0 saturated carbocycles. The maximum absolute atomic E-state index is 11.7. The molecule has 1 aromatic heterocycles. The van der Waals surface area contributed by atoms with Gasteiger partial charge in [-0.15, -0.1) is 0 Å². The topological polar surface area (TPSA) is 34.0 Å². The van der Waals surface area contributed by atoms with Crippen LogP contribution in [0, 0.1) is 12.8 Å². The second-order valence-electron chi connectivity index (χ2n) is 4.48. The maximum atomic E-state index is 11.7. The summed E-state index contributed by atoms with van der Waals surface area (Å²) in [4.78, 5) is 11.7. The summed E-state index contributed by atoms with van der Waals surface area (Å²) >= 11 is 0.